The highest BCUT2D eigenvalue weighted by Gasteiger charge is 2.14. The van der Waals surface area contributed by atoms with Crippen molar-refractivity contribution < 1.29 is 0 Å². The summed E-state index contributed by atoms with van der Waals surface area (Å²) in [5.41, 5.74) is 12.4. The van der Waals surface area contributed by atoms with Crippen LogP contribution < -0.4 is 0 Å². The Kier molecular flexibility index (Phi) is 7.66. The molecule has 0 amide bonds. The first-order chi connectivity index (χ1) is 23.2. The quantitative estimate of drug-likeness (QED) is 0.177. The van der Waals surface area contributed by atoms with Gasteiger partial charge in [-0.1, -0.05) is 113 Å². The molecule has 0 aliphatic carbocycles. The van der Waals surface area contributed by atoms with Crippen molar-refractivity contribution in [3.05, 3.63) is 169 Å². The van der Waals surface area contributed by atoms with Gasteiger partial charge >= 0.3 is 0 Å². The van der Waals surface area contributed by atoms with E-state index in [0.717, 1.165) is 71.3 Å². The first kappa shape index (κ1) is 28.7. The lowest BCUT2D eigenvalue weighted by atomic mass is 9.97. The van der Waals surface area contributed by atoms with E-state index in [1.165, 1.54) is 5.56 Å². The molecule has 0 aliphatic heterocycles. The molecule has 3 aromatic heterocycles. The Bertz CT molecular complexity index is 2230. The van der Waals surface area contributed by atoms with E-state index in [9.17, 15) is 0 Å². The van der Waals surface area contributed by atoms with Gasteiger partial charge in [0.1, 0.15) is 0 Å². The lowest BCUT2D eigenvalue weighted by Gasteiger charge is -2.13. The summed E-state index contributed by atoms with van der Waals surface area (Å²) < 4.78 is 0.974. The number of fused-ring (bicyclic) bond motifs is 1. The lowest BCUT2D eigenvalue weighted by molar-refractivity contribution is 1.18. The first-order valence-electron chi connectivity index (χ1n) is 15.4. The van der Waals surface area contributed by atoms with Crippen LogP contribution >= 0.6 is 15.9 Å². The van der Waals surface area contributed by atoms with E-state index < -0.39 is 0 Å². The molecule has 8 rings (SSSR count). The zero-order valence-electron chi connectivity index (χ0n) is 25.3. The fourth-order valence-corrected chi connectivity index (χ4v) is 6.43. The van der Waals surface area contributed by atoms with Gasteiger partial charge in [-0.2, -0.15) is 0 Å². The maximum absolute atomic E-state index is 5.15. The van der Waals surface area contributed by atoms with Gasteiger partial charge in [0.15, 0.2) is 5.82 Å². The van der Waals surface area contributed by atoms with Crippen molar-refractivity contribution in [3.63, 3.8) is 0 Å². The van der Waals surface area contributed by atoms with Crippen LogP contribution in [-0.4, -0.2) is 19.9 Å². The standard InChI is InChI=1S/C42H27BrN4/c43-36-25-34(37-8-4-10-39-38(37)9-5-21-45-39)24-35(26-36)41-27-40(32-15-11-29(12-16-32)28-6-2-1-3-7-28)46-42(47-41)33-17-13-30(14-18-33)31-19-22-44-23-20-31/h1-27H. The molecule has 3 heterocycles. The highest BCUT2D eigenvalue weighted by atomic mass is 79.9. The summed E-state index contributed by atoms with van der Waals surface area (Å²) in [6.07, 6.45) is 5.46. The second-order valence-electron chi connectivity index (χ2n) is 11.3. The Morgan fingerprint density at radius 2 is 1.02 bits per heavy atom. The maximum Gasteiger partial charge on any atom is 0.160 e. The molecule has 47 heavy (non-hydrogen) atoms. The van der Waals surface area contributed by atoms with Crippen LogP contribution in [0.5, 0.6) is 0 Å². The molecule has 0 atom stereocenters. The van der Waals surface area contributed by atoms with Crippen LogP contribution in [0.1, 0.15) is 0 Å². The summed E-state index contributed by atoms with van der Waals surface area (Å²) in [5.74, 6) is 0.668. The summed E-state index contributed by atoms with van der Waals surface area (Å²) >= 11 is 3.80. The molecule has 4 nitrogen and oxygen atoms in total. The molecule has 0 aliphatic rings. The van der Waals surface area contributed by atoms with Gasteiger partial charge in [0.2, 0.25) is 0 Å². The molecule has 8 aromatic rings. The lowest BCUT2D eigenvalue weighted by Crippen LogP contribution is -1.96. The molecule has 0 saturated carbocycles. The van der Waals surface area contributed by atoms with E-state index in [4.69, 9.17) is 9.97 Å². The predicted octanol–water partition coefficient (Wildman–Crippen LogP) is 11.2. The number of hydrogen-bond acceptors (Lipinski definition) is 4. The van der Waals surface area contributed by atoms with E-state index in [1.807, 2.05) is 48.9 Å². The summed E-state index contributed by atoms with van der Waals surface area (Å²) in [6.45, 7) is 0. The zero-order valence-corrected chi connectivity index (χ0v) is 26.8. The molecule has 0 fully saturated rings. The third kappa shape index (κ3) is 5.97. The number of nitrogens with zero attached hydrogens (tertiary/aromatic N) is 4. The monoisotopic (exact) mass is 666 g/mol. The van der Waals surface area contributed by atoms with Crippen LogP contribution in [0.4, 0.5) is 0 Å². The number of aromatic nitrogens is 4. The smallest absolute Gasteiger partial charge is 0.160 e. The van der Waals surface area contributed by atoms with E-state index in [-0.39, 0.29) is 0 Å². The van der Waals surface area contributed by atoms with Crippen LogP contribution in [0.25, 0.3) is 78.2 Å². The predicted molar refractivity (Wildman–Crippen MR) is 195 cm³/mol. The number of hydrogen-bond donors (Lipinski definition) is 0. The molecular formula is C42H27BrN4. The van der Waals surface area contributed by atoms with Crippen molar-refractivity contribution in [3.8, 4) is 67.3 Å². The van der Waals surface area contributed by atoms with E-state index in [0.29, 0.717) is 5.82 Å². The molecular weight excluding hydrogens is 640 g/mol. The normalized spacial score (nSPS) is 11.1. The van der Waals surface area contributed by atoms with Crippen molar-refractivity contribution in [2.75, 3.05) is 0 Å². The van der Waals surface area contributed by atoms with Crippen molar-refractivity contribution in [1.29, 1.82) is 0 Å². The molecule has 0 unspecified atom stereocenters. The van der Waals surface area contributed by atoms with Crippen LogP contribution in [0.15, 0.2) is 169 Å². The van der Waals surface area contributed by atoms with Gasteiger partial charge in [0.25, 0.3) is 0 Å². The van der Waals surface area contributed by atoms with Gasteiger partial charge in [-0.15, -0.1) is 0 Å². The van der Waals surface area contributed by atoms with Crippen LogP contribution in [0, 0.1) is 0 Å². The summed E-state index contributed by atoms with van der Waals surface area (Å²) in [7, 11) is 0. The Morgan fingerprint density at radius 1 is 0.404 bits per heavy atom. The minimum Gasteiger partial charge on any atom is -0.265 e. The van der Waals surface area contributed by atoms with Gasteiger partial charge in [0, 0.05) is 45.1 Å². The van der Waals surface area contributed by atoms with Crippen LogP contribution in [-0.2, 0) is 0 Å². The number of pyridine rings is 2. The van der Waals surface area contributed by atoms with Crippen molar-refractivity contribution in [2.24, 2.45) is 0 Å². The number of rotatable bonds is 6. The third-order valence-corrected chi connectivity index (χ3v) is 8.78. The SMILES string of the molecule is Brc1cc(-c2cc(-c3ccc(-c4ccccc4)cc3)nc(-c3ccc(-c4ccncc4)cc3)n2)cc(-c2cccc3ncccc23)c1. The average molecular weight is 668 g/mol. The highest BCUT2D eigenvalue weighted by Crippen LogP contribution is 2.36. The van der Waals surface area contributed by atoms with Gasteiger partial charge < -0.3 is 0 Å². The van der Waals surface area contributed by atoms with Gasteiger partial charge in [-0.05, 0) is 81.9 Å². The minimum atomic E-state index is 0.668. The molecule has 0 spiro atoms. The molecule has 0 radical (unpaired) electrons. The van der Waals surface area contributed by atoms with E-state index in [1.54, 1.807) is 0 Å². The van der Waals surface area contributed by atoms with Crippen molar-refractivity contribution >= 4 is 26.8 Å². The summed E-state index contributed by atoms with van der Waals surface area (Å²) in [6, 6.07) is 50.3. The zero-order chi connectivity index (χ0) is 31.6. The number of benzene rings is 5. The third-order valence-electron chi connectivity index (χ3n) is 8.32. The van der Waals surface area contributed by atoms with Crippen molar-refractivity contribution in [1.82, 2.24) is 19.9 Å². The second-order valence-corrected chi connectivity index (χ2v) is 12.2. The Morgan fingerprint density at radius 3 is 1.77 bits per heavy atom. The Balaban J connectivity index is 1.25. The van der Waals surface area contributed by atoms with Crippen LogP contribution in [0.3, 0.4) is 0 Å². The highest BCUT2D eigenvalue weighted by molar-refractivity contribution is 9.10. The molecule has 0 saturated heterocycles. The first-order valence-corrected chi connectivity index (χ1v) is 16.2. The fraction of sp³-hybridized carbons (Fsp3) is 0. The van der Waals surface area contributed by atoms with Crippen LogP contribution in [0.2, 0.25) is 0 Å². The molecule has 5 aromatic carbocycles. The minimum absolute atomic E-state index is 0.668. The van der Waals surface area contributed by atoms with E-state index in [2.05, 4.69) is 141 Å². The fourth-order valence-electron chi connectivity index (χ4n) is 5.94. The molecule has 5 heteroatoms. The van der Waals surface area contributed by atoms with Crippen molar-refractivity contribution in [2.45, 2.75) is 0 Å². The van der Waals surface area contributed by atoms with Gasteiger partial charge in [0.05, 0.1) is 16.9 Å². The molecule has 222 valence electrons. The Hall–Kier alpha value is -5.78. The summed E-state index contributed by atoms with van der Waals surface area (Å²) in [4.78, 5) is 19.0. The average Bonchev–Trinajstić information content (AvgIpc) is 3.15. The largest absolute Gasteiger partial charge is 0.265 e. The van der Waals surface area contributed by atoms with Gasteiger partial charge in [-0.25, -0.2) is 9.97 Å². The van der Waals surface area contributed by atoms with E-state index >= 15 is 0 Å². The maximum atomic E-state index is 5.15. The number of halogens is 1. The summed E-state index contributed by atoms with van der Waals surface area (Å²) in [5, 5.41) is 1.11. The van der Waals surface area contributed by atoms with Gasteiger partial charge in [-0.3, -0.25) is 9.97 Å². The topological polar surface area (TPSA) is 51.6 Å². The molecule has 0 N–H and O–H groups in total. The molecule has 0 bridgehead atoms. The Labute approximate surface area is 281 Å². The second kappa shape index (κ2) is 12.5.